The second-order valence-corrected chi connectivity index (χ2v) is 9.74. The number of unbranched alkanes of at least 4 members (excludes halogenated alkanes) is 1. The topological polar surface area (TPSA) is 45.2 Å². The molecule has 0 spiro atoms. The van der Waals surface area contributed by atoms with Crippen LogP contribution in [-0.4, -0.2) is 35.2 Å². The molecule has 1 aliphatic carbocycles. The number of anilines is 2. The quantitative estimate of drug-likeness (QED) is 0.166. The lowest BCUT2D eigenvalue weighted by atomic mass is 9.96. The highest BCUT2D eigenvalue weighted by atomic mass is 127. The largest absolute Gasteiger partial charge is 0.372 e. The molecule has 0 radical (unpaired) electrons. The van der Waals surface area contributed by atoms with Gasteiger partial charge in [0, 0.05) is 19.5 Å². The molecule has 1 aromatic rings. The number of alkyl halides is 1. The van der Waals surface area contributed by atoms with Crippen molar-refractivity contribution in [2.24, 2.45) is 5.92 Å². The molecule has 162 valence electrons. The highest BCUT2D eigenvalue weighted by molar-refractivity contribution is 14.1. The van der Waals surface area contributed by atoms with E-state index >= 15 is 0 Å². The van der Waals surface area contributed by atoms with Crippen LogP contribution in [0.25, 0.3) is 6.08 Å². The third-order valence-electron chi connectivity index (χ3n) is 5.68. The van der Waals surface area contributed by atoms with Crippen molar-refractivity contribution in [3.63, 3.8) is 0 Å². The third kappa shape index (κ3) is 7.46. The van der Waals surface area contributed by atoms with Gasteiger partial charge in [0.15, 0.2) is 0 Å². The monoisotopic (exact) mass is 529 g/mol. The average Bonchev–Trinajstić information content (AvgIpc) is 2.87. The van der Waals surface area contributed by atoms with Crippen LogP contribution in [0.5, 0.6) is 0 Å². The van der Waals surface area contributed by atoms with Crippen LogP contribution >= 0.6 is 34.4 Å². The van der Waals surface area contributed by atoms with Crippen molar-refractivity contribution >= 4 is 57.7 Å². The first-order valence-corrected chi connectivity index (χ1v) is 13.6. The fourth-order valence-electron chi connectivity index (χ4n) is 4.00. The Bertz CT molecular complexity index is 658. The molecular formula is C23H36IN3OS. The van der Waals surface area contributed by atoms with Gasteiger partial charge in [-0.25, -0.2) is 0 Å². The number of carbonyl (C=O) groups is 1. The Hall–Kier alpha value is -0.760. The van der Waals surface area contributed by atoms with E-state index in [1.165, 1.54) is 36.5 Å². The lowest BCUT2D eigenvalue weighted by Crippen LogP contribution is -2.26. The number of nitrogens with zero attached hydrogens (tertiary/aromatic N) is 2. The average molecular weight is 530 g/mol. The predicted molar refractivity (Wildman–Crippen MR) is 137 cm³/mol. The lowest BCUT2D eigenvalue weighted by Gasteiger charge is -2.26. The van der Waals surface area contributed by atoms with Gasteiger partial charge in [-0.05, 0) is 42.4 Å². The molecule has 6 heteroatoms. The van der Waals surface area contributed by atoms with Gasteiger partial charge in [0.2, 0.25) is 5.91 Å². The molecule has 0 aromatic carbocycles. The Morgan fingerprint density at radius 2 is 1.93 bits per heavy atom. The van der Waals surface area contributed by atoms with E-state index < -0.39 is 0 Å². The number of pyridine rings is 1. The van der Waals surface area contributed by atoms with Crippen LogP contribution in [0.1, 0.15) is 69.9 Å². The number of thioether (sulfide) groups is 1. The van der Waals surface area contributed by atoms with Gasteiger partial charge in [-0.2, -0.15) is 0 Å². The summed E-state index contributed by atoms with van der Waals surface area (Å²) in [5.41, 5.74) is 2.79. The first kappa shape index (κ1) is 24.5. The van der Waals surface area contributed by atoms with E-state index in [0.29, 0.717) is 0 Å². The summed E-state index contributed by atoms with van der Waals surface area (Å²) in [4.78, 5) is 21.1. The molecule has 0 saturated heterocycles. The fourth-order valence-corrected chi connectivity index (χ4v) is 5.34. The van der Waals surface area contributed by atoms with Crippen LogP contribution < -0.4 is 10.2 Å². The highest BCUT2D eigenvalue weighted by Gasteiger charge is 2.23. The molecule has 0 unspecified atom stereocenters. The maximum atomic E-state index is 13.1. The zero-order valence-corrected chi connectivity index (χ0v) is 21.0. The van der Waals surface area contributed by atoms with E-state index in [1.807, 2.05) is 6.20 Å². The predicted octanol–water partition coefficient (Wildman–Crippen LogP) is 6.79. The number of carbonyl (C=O) groups excluding carboxylic acids is 1. The normalized spacial score (nSPS) is 15.8. The van der Waals surface area contributed by atoms with Crippen LogP contribution in [0.3, 0.4) is 0 Å². The molecule has 0 atom stereocenters. The number of halogens is 1. The number of amides is 1. The Morgan fingerprint density at radius 3 is 2.52 bits per heavy atom. The number of nitrogens with one attached hydrogen (secondary N) is 1. The number of rotatable bonds is 9. The number of hydrogen-bond donors (Lipinski definition) is 1. The summed E-state index contributed by atoms with van der Waals surface area (Å²) in [6.07, 6.45) is 17.5. The van der Waals surface area contributed by atoms with Crippen LogP contribution in [0.15, 0.2) is 17.7 Å². The lowest BCUT2D eigenvalue weighted by molar-refractivity contribution is -0.120. The summed E-state index contributed by atoms with van der Waals surface area (Å²) < 4.78 is 1.17. The van der Waals surface area contributed by atoms with Gasteiger partial charge in [0.1, 0.15) is 0 Å². The molecule has 4 nitrogen and oxygen atoms in total. The third-order valence-corrected chi connectivity index (χ3v) is 7.25. The first-order valence-electron chi connectivity index (χ1n) is 10.9. The minimum atomic E-state index is 0.113. The van der Waals surface area contributed by atoms with Crippen LogP contribution in [0.4, 0.5) is 11.4 Å². The summed E-state index contributed by atoms with van der Waals surface area (Å²) in [6, 6.07) is 0. The zero-order valence-electron chi connectivity index (χ0n) is 18.0. The van der Waals surface area contributed by atoms with Crippen molar-refractivity contribution in [2.75, 3.05) is 34.5 Å². The van der Waals surface area contributed by atoms with E-state index in [-0.39, 0.29) is 11.8 Å². The van der Waals surface area contributed by atoms with E-state index in [1.54, 1.807) is 17.8 Å². The zero-order chi connectivity index (χ0) is 21.1. The molecule has 1 aliphatic rings. The van der Waals surface area contributed by atoms with Crippen molar-refractivity contribution in [2.45, 2.75) is 69.1 Å². The van der Waals surface area contributed by atoms with Crippen molar-refractivity contribution in [3.8, 4) is 0 Å². The first-order chi connectivity index (χ1) is 14.1. The molecule has 1 aromatic heterocycles. The molecule has 1 heterocycles. The maximum Gasteiger partial charge on any atom is 0.227 e. The van der Waals surface area contributed by atoms with Gasteiger partial charge in [-0.1, -0.05) is 67.7 Å². The Labute approximate surface area is 194 Å². The van der Waals surface area contributed by atoms with Gasteiger partial charge in [0.05, 0.1) is 28.2 Å². The van der Waals surface area contributed by atoms with Gasteiger partial charge in [-0.15, -0.1) is 11.8 Å². The van der Waals surface area contributed by atoms with Crippen molar-refractivity contribution in [1.82, 2.24) is 4.98 Å². The summed E-state index contributed by atoms with van der Waals surface area (Å²) >= 11 is 4.10. The second-order valence-electron chi connectivity index (χ2n) is 7.85. The summed E-state index contributed by atoms with van der Waals surface area (Å²) in [6.45, 7) is 4.89. The fraction of sp³-hybridized carbons (Fsp3) is 0.652. The SMILES string of the molecule is C=Cc1ncc(NC(=O)C2CCCCCCCC2)c(N(C)CCCCI)c1SC. The van der Waals surface area contributed by atoms with Gasteiger partial charge < -0.3 is 10.2 Å². The van der Waals surface area contributed by atoms with Gasteiger partial charge in [-0.3, -0.25) is 9.78 Å². The molecule has 1 fully saturated rings. The van der Waals surface area contributed by atoms with Crippen LogP contribution in [-0.2, 0) is 4.79 Å². The summed E-state index contributed by atoms with van der Waals surface area (Å²) in [7, 11) is 2.12. The summed E-state index contributed by atoms with van der Waals surface area (Å²) in [5, 5.41) is 3.25. The van der Waals surface area contributed by atoms with Crippen molar-refractivity contribution in [1.29, 1.82) is 0 Å². The van der Waals surface area contributed by atoms with Crippen molar-refractivity contribution < 1.29 is 4.79 Å². The van der Waals surface area contributed by atoms with Crippen LogP contribution in [0, 0.1) is 5.92 Å². The molecule has 0 aliphatic heterocycles. The molecule has 1 N–H and O–H groups in total. The van der Waals surface area contributed by atoms with Crippen LogP contribution in [0.2, 0.25) is 0 Å². The van der Waals surface area contributed by atoms with E-state index in [4.69, 9.17) is 0 Å². The summed E-state index contributed by atoms with van der Waals surface area (Å²) in [5.74, 6) is 0.274. The Morgan fingerprint density at radius 1 is 1.28 bits per heavy atom. The molecular weight excluding hydrogens is 493 g/mol. The molecule has 0 bridgehead atoms. The molecule has 1 amide bonds. The van der Waals surface area contributed by atoms with E-state index in [0.717, 1.165) is 60.6 Å². The Balaban J connectivity index is 2.25. The molecule has 1 saturated carbocycles. The maximum absolute atomic E-state index is 13.1. The van der Waals surface area contributed by atoms with E-state index in [2.05, 4.69) is 57.7 Å². The van der Waals surface area contributed by atoms with Gasteiger partial charge >= 0.3 is 0 Å². The smallest absolute Gasteiger partial charge is 0.227 e. The molecule has 2 rings (SSSR count). The van der Waals surface area contributed by atoms with Crippen molar-refractivity contribution in [3.05, 3.63) is 18.5 Å². The number of hydrogen-bond acceptors (Lipinski definition) is 4. The molecule has 29 heavy (non-hydrogen) atoms. The minimum Gasteiger partial charge on any atom is -0.372 e. The minimum absolute atomic E-state index is 0.113. The standard InChI is InChI=1S/C23H36IN3OS/c1-4-19-22(29-3)21(27(2)16-12-11-15-24)20(17-25-19)26-23(28)18-13-9-7-5-6-8-10-14-18/h4,17-18H,1,5-16H2,2-3H3,(H,26,28). The van der Waals surface area contributed by atoms with Gasteiger partial charge in [0.25, 0.3) is 0 Å². The number of aromatic nitrogens is 1. The Kier molecular flexibility index (Phi) is 11.4. The highest BCUT2D eigenvalue weighted by Crippen LogP contribution is 2.38. The van der Waals surface area contributed by atoms with E-state index in [9.17, 15) is 4.79 Å². The second kappa shape index (κ2) is 13.5.